The van der Waals surface area contributed by atoms with E-state index < -0.39 is 0 Å². The second-order valence-corrected chi connectivity index (χ2v) is 6.04. The molecule has 2 saturated carbocycles. The van der Waals surface area contributed by atoms with Crippen LogP contribution in [-0.4, -0.2) is 47.3 Å². The Morgan fingerprint density at radius 1 is 1.35 bits per heavy atom. The molecular weight excluding hydrogens is 254 g/mol. The summed E-state index contributed by atoms with van der Waals surface area (Å²) < 4.78 is 0. The van der Waals surface area contributed by atoms with Gasteiger partial charge in [0.1, 0.15) is 0 Å². The van der Waals surface area contributed by atoms with Gasteiger partial charge in [0.25, 0.3) is 0 Å². The number of nitrogens with zero attached hydrogens (tertiary/aromatic N) is 3. The van der Waals surface area contributed by atoms with Crippen molar-refractivity contribution in [3.05, 3.63) is 17.8 Å². The molecule has 0 spiro atoms. The molecule has 0 radical (unpaired) electrons. The van der Waals surface area contributed by atoms with E-state index in [1.165, 1.54) is 12.8 Å². The van der Waals surface area contributed by atoms with E-state index in [1.54, 1.807) is 0 Å². The SMILES string of the molecule is CN(C)C1(CNC(=O)Nc2ccc(C3CC3)nn2)CC1. The third-order valence-corrected chi connectivity index (χ3v) is 4.28. The Kier molecular flexibility index (Phi) is 3.33. The predicted octanol–water partition coefficient (Wildman–Crippen LogP) is 1.57. The van der Waals surface area contributed by atoms with Crippen molar-refractivity contribution in [3.63, 3.8) is 0 Å². The fourth-order valence-corrected chi connectivity index (χ4v) is 2.34. The van der Waals surface area contributed by atoms with E-state index in [-0.39, 0.29) is 11.6 Å². The number of likely N-dealkylation sites (N-methyl/N-ethyl adjacent to an activating group) is 1. The number of hydrogen-bond acceptors (Lipinski definition) is 4. The summed E-state index contributed by atoms with van der Waals surface area (Å²) in [5, 5.41) is 13.8. The maximum atomic E-state index is 11.8. The molecule has 0 atom stereocenters. The molecule has 0 bridgehead atoms. The molecule has 0 aromatic carbocycles. The van der Waals surface area contributed by atoms with Gasteiger partial charge in [-0.3, -0.25) is 5.32 Å². The minimum atomic E-state index is -0.216. The minimum Gasteiger partial charge on any atom is -0.336 e. The Bertz CT molecular complexity index is 491. The van der Waals surface area contributed by atoms with E-state index in [0.29, 0.717) is 18.3 Å². The summed E-state index contributed by atoms with van der Waals surface area (Å²) in [6.45, 7) is 0.666. The summed E-state index contributed by atoms with van der Waals surface area (Å²) >= 11 is 0. The number of urea groups is 1. The molecule has 6 heteroatoms. The third-order valence-electron chi connectivity index (χ3n) is 4.28. The maximum Gasteiger partial charge on any atom is 0.320 e. The van der Waals surface area contributed by atoms with Crippen LogP contribution in [0.4, 0.5) is 10.6 Å². The number of hydrogen-bond donors (Lipinski definition) is 2. The van der Waals surface area contributed by atoms with Gasteiger partial charge >= 0.3 is 6.03 Å². The smallest absolute Gasteiger partial charge is 0.320 e. The molecule has 6 nitrogen and oxygen atoms in total. The molecular formula is C14H21N5O. The Labute approximate surface area is 118 Å². The molecule has 2 amide bonds. The standard InChI is InChI=1S/C14H21N5O/c1-19(2)14(7-8-14)9-15-13(20)16-12-6-5-11(17-18-12)10-3-4-10/h5-6,10H,3-4,7-9H2,1-2H3,(H2,15,16,18,20). The van der Waals surface area contributed by atoms with Gasteiger partial charge in [-0.1, -0.05) is 0 Å². The first-order chi connectivity index (χ1) is 9.59. The van der Waals surface area contributed by atoms with Gasteiger partial charge in [-0.05, 0) is 51.9 Å². The van der Waals surface area contributed by atoms with Gasteiger partial charge in [0.05, 0.1) is 5.69 Å². The fourth-order valence-electron chi connectivity index (χ4n) is 2.34. The van der Waals surface area contributed by atoms with Gasteiger partial charge in [0, 0.05) is 18.0 Å². The average molecular weight is 275 g/mol. The van der Waals surface area contributed by atoms with Crippen molar-refractivity contribution in [1.29, 1.82) is 0 Å². The number of carbonyl (C=O) groups is 1. The normalized spacial score (nSPS) is 19.8. The largest absolute Gasteiger partial charge is 0.336 e. The zero-order valence-corrected chi connectivity index (χ0v) is 12.0. The van der Waals surface area contributed by atoms with Crippen LogP contribution in [0.2, 0.25) is 0 Å². The van der Waals surface area contributed by atoms with Crippen LogP contribution >= 0.6 is 0 Å². The molecule has 0 saturated heterocycles. The quantitative estimate of drug-likeness (QED) is 0.855. The summed E-state index contributed by atoms with van der Waals surface area (Å²) in [5.74, 6) is 1.08. The van der Waals surface area contributed by atoms with Crippen LogP contribution in [0.15, 0.2) is 12.1 Å². The molecule has 1 heterocycles. The van der Waals surface area contributed by atoms with Crippen LogP contribution in [-0.2, 0) is 0 Å². The van der Waals surface area contributed by atoms with Crippen molar-refractivity contribution < 1.29 is 4.79 Å². The molecule has 0 unspecified atom stereocenters. The van der Waals surface area contributed by atoms with E-state index in [1.807, 2.05) is 12.1 Å². The monoisotopic (exact) mass is 275 g/mol. The van der Waals surface area contributed by atoms with Crippen LogP contribution in [0.1, 0.15) is 37.3 Å². The van der Waals surface area contributed by atoms with Crippen molar-refractivity contribution >= 4 is 11.8 Å². The zero-order chi connectivity index (χ0) is 14.2. The van der Waals surface area contributed by atoms with Gasteiger partial charge in [0.2, 0.25) is 0 Å². The van der Waals surface area contributed by atoms with Crippen LogP contribution < -0.4 is 10.6 Å². The topological polar surface area (TPSA) is 70.2 Å². The van der Waals surface area contributed by atoms with Crippen LogP contribution in [0.5, 0.6) is 0 Å². The Balaban J connectivity index is 1.48. The Morgan fingerprint density at radius 3 is 2.60 bits per heavy atom. The van der Waals surface area contributed by atoms with E-state index in [0.717, 1.165) is 18.5 Å². The first-order valence-electron chi connectivity index (χ1n) is 7.15. The molecule has 2 aliphatic carbocycles. The van der Waals surface area contributed by atoms with Gasteiger partial charge < -0.3 is 10.2 Å². The molecule has 2 N–H and O–H groups in total. The molecule has 0 aliphatic heterocycles. The highest BCUT2D eigenvalue weighted by atomic mass is 16.2. The third kappa shape index (κ3) is 2.90. The lowest BCUT2D eigenvalue weighted by Crippen LogP contribution is -2.43. The molecule has 108 valence electrons. The lowest BCUT2D eigenvalue weighted by Gasteiger charge is -2.23. The average Bonchev–Trinajstić information content (AvgIpc) is 3.30. The lowest BCUT2D eigenvalue weighted by atomic mass is 10.2. The number of carbonyl (C=O) groups excluding carboxylic acids is 1. The number of anilines is 1. The number of rotatable bonds is 5. The molecule has 1 aromatic rings. The fraction of sp³-hybridized carbons (Fsp3) is 0.643. The van der Waals surface area contributed by atoms with Crippen LogP contribution in [0, 0.1) is 0 Å². The molecule has 1 aromatic heterocycles. The van der Waals surface area contributed by atoms with Crippen molar-refractivity contribution in [3.8, 4) is 0 Å². The van der Waals surface area contributed by atoms with Crippen LogP contribution in [0.3, 0.4) is 0 Å². The zero-order valence-electron chi connectivity index (χ0n) is 12.0. The maximum absolute atomic E-state index is 11.8. The van der Waals surface area contributed by atoms with Crippen molar-refractivity contribution in [2.24, 2.45) is 0 Å². The number of amides is 2. The Morgan fingerprint density at radius 2 is 2.10 bits per heavy atom. The highest BCUT2D eigenvalue weighted by Crippen LogP contribution is 2.39. The van der Waals surface area contributed by atoms with Gasteiger partial charge in [0.15, 0.2) is 5.82 Å². The number of aromatic nitrogens is 2. The van der Waals surface area contributed by atoms with Crippen molar-refractivity contribution in [2.75, 3.05) is 26.0 Å². The predicted molar refractivity (Wildman–Crippen MR) is 76.7 cm³/mol. The summed E-state index contributed by atoms with van der Waals surface area (Å²) in [4.78, 5) is 14.0. The highest BCUT2D eigenvalue weighted by molar-refractivity contribution is 5.88. The van der Waals surface area contributed by atoms with Crippen molar-refractivity contribution in [2.45, 2.75) is 37.1 Å². The summed E-state index contributed by atoms with van der Waals surface area (Å²) in [5.41, 5.74) is 1.18. The second kappa shape index (κ2) is 5.01. The molecule has 3 rings (SSSR count). The second-order valence-electron chi connectivity index (χ2n) is 6.04. The van der Waals surface area contributed by atoms with Crippen LogP contribution in [0.25, 0.3) is 0 Å². The van der Waals surface area contributed by atoms with Gasteiger partial charge in [-0.2, -0.15) is 5.10 Å². The van der Waals surface area contributed by atoms with Gasteiger partial charge in [-0.15, -0.1) is 5.10 Å². The first kappa shape index (κ1) is 13.3. The van der Waals surface area contributed by atoms with E-state index in [9.17, 15) is 4.79 Å². The van der Waals surface area contributed by atoms with E-state index in [4.69, 9.17) is 0 Å². The molecule has 20 heavy (non-hydrogen) atoms. The minimum absolute atomic E-state index is 0.152. The molecule has 2 fully saturated rings. The Hall–Kier alpha value is -1.69. The highest BCUT2D eigenvalue weighted by Gasteiger charge is 2.44. The van der Waals surface area contributed by atoms with Gasteiger partial charge in [-0.25, -0.2) is 4.79 Å². The van der Waals surface area contributed by atoms with Crippen molar-refractivity contribution in [1.82, 2.24) is 20.4 Å². The summed E-state index contributed by atoms with van der Waals surface area (Å²) in [6.07, 6.45) is 4.68. The molecule has 2 aliphatic rings. The van der Waals surface area contributed by atoms with E-state index >= 15 is 0 Å². The summed E-state index contributed by atoms with van der Waals surface area (Å²) in [7, 11) is 4.10. The number of nitrogens with one attached hydrogen (secondary N) is 2. The first-order valence-corrected chi connectivity index (χ1v) is 7.15. The van der Waals surface area contributed by atoms with E-state index in [2.05, 4.69) is 39.8 Å². The lowest BCUT2D eigenvalue weighted by molar-refractivity contribution is 0.236. The summed E-state index contributed by atoms with van der Waals surface area (Å²) in [6, 6.07) is 3.55.